The molecule has 0 radical (unpaired) electrons. The van der Waals surface area contributed by atoms with Gasteiger partial charge < -0.3 is 9.38 Å². The molecular formula is C11H6BrFN2O. The van der Waals surface area contributed by atoms with Gasteiger partial charge in [-0.3, -0.25) is 4.79 Å². The smallest absolute Gasteiger partial charge is 0.272 e. The third-order valence-electron chi connectivity index (χ3n) is 2.55. The lowest BCUT2D eigenvalue weighted by molar-refractivity contribution is 0.629. The first-order chi connectivity index (χ1) is 7.68. The number of nitrogens with one attached hydrogen (secondary N) is 1. The number of aromatic nitrogens is 2. The van der Waals surface area contributed by atoms with Crippen molar-refractivity contribution >= 4 is 32.5 Å². The van der Waals surface area contributed by atoms with E-state index >= 15 is 0 Å². The van der Waals surface area contributed by atoms with E-state index in [1.165, 1.54) is 0 Å². The van der Waals surface area contributed by atoms with Gasteiger partial charge in [-0.15, -0.1) is 0 Å². The third kappa shape index (κ3) is 1.15. The highest BCUT2D eigenvalue weighted by molar-refractivity contribution is 9.10. The van der Waals surface area contributed by atoms with Crippen LogP contribution in [0, 0.1) is 5.82 Å². The quantitative estimate of drug-likeness (QED) is 0.676. The first-order valence-electron chi connectivity index (χ1n) is 4.65. The van der Waals surface area contributed by atoms with Crippen LogP contribution in [0.3, 0.4) is 0 Å². The second kappa shape index (κ2) is 3.18. The number of fused-ring (bicyclic) bond motifs is 3. The van der Waals surface area contributed by atoms with Crippen LogP contribution in [0.25, 0.3) is 16.6 Å². The summed E-state index contributed by atoms with van der Waals surface area (Å²) in [4.78, 5) is 14.2. The second-order valence-corrected chi connectivity index (χ2v) is 4.33. The fourth-order valence-corrected chi connectivity index (χ4v) is 2.14. The molecule has 1 aromatic carbocycles. The molecule has 0 saturated carbocycles. The van der Waals surface area contributed by atoms with Crippen LogP contribution in [0.15, 0.2) is 39.7 Å². The molecule has 2 heterocycles. The summed E-state index contributed by atoms with van der Waals surface area (Å²) in [6.07, 6.45) is 1.74. The monoisotopic (exact) mass is 280 g/mol. The van der Waals surface area contributed by atoms with Crippen LogP contribution < -0.4 is 5.56 Å². The Bertz CT molecular complexity index is 760. The van der Waals surface area contributed by atoms with Crippen molar-refractivity contribution in [2.75, 3.05) is 0 Å². The van der Waals surface area contributed by atoms with E-state index < -0.39 is 5.82 Å². The summed E-state index contributed by atoms with van der Waals surface area (Å²) >= 11 is 3.09. The first-order valence-corrected chi connectivity index (χ1v) is 5.45. The molecule has 3 rings (SSSR count). The molecule has 0 fully saturated rings. The molecule has 3 aromatic rings. The lowest BCUT2D eigenvalue weighted by Gasteiger charge is -2.04. The molecule has 0 unspecified atom stereocenters. The molecule has 1 N–H and O–H groups in total. The highest BCUT2D eigenvalue weighted by Crippen LogP contribution is 2.23. The topological polar surface area (TPSA) is 37.3 Å². The molecule has 0 aliphatic rings. The minimum Gasteiger partial charge on any atom is -0.316 e. The third-order valence-corrected chi connectivity index (χ3v) is 3.16. The summed E-state index contributed by atoms with van der Waals surface area (Å²) in [7, 11) is 0. The maximum Gasteiger partial charge on any atom is 0.272 e. The Morgan fingerprint density at radius 1 is 1.25 bits per heavy atom. The van der Waals surface area contributed by atoms with Crippen LogP contribution in [-0.2, 0) is 0 Å². The van der Waals surface area contributed by atoms with Crippen molar-refractivity contribution in [2.24, 2.45) is 0 Å². The maximum atomic E-state index is 13.8. The zero-order valence-electron chi connectivity index (χ0n) is 8.00. The molecule has 0 amide bonds. The SMILES string of the molecule is O=c1[nH]c2c(F)c(Br)ccc2n2cccc12. The molecule has 80 valence electrons. The van der Waals surface area contributed by atoms with Gasteiger partial charge in [0.2, 0.25) is 0 Å². The Labute approximate surface area is 97.6 Å². The van der Waals surface area contributed by atoms with Gasteiger partial charge in [0.1, 0.15) is 11.0 Å². The number of hydrogen-bond acceptors (Lipinski definition) is 1. The predicted octanol–water partition coefficient (Wildman–Crippen LogP) is 2.68. The van der Waals surface area contributed by atoms with Crippen LogP contribution in [-0.4, -0.2) is 9.38 Å². The van der Waals surface area contributed by atoms with E-state index in [1.807, 2.05) is 0 Å². The average molecular weight is 281 g/mol. The number of rotatable bonds is 0. The lowest BCUT2D eigenvalue weighted by Crippen LogP contribution is -2.10. The number of hydrogen-bond donors (Lipinski definition) is 1. The van der Waals surface area contributed by atoms with Gasteiger partial charge in [-0.05, 0) is 40.2 Å². The first kappa shape index (κ1) is 9.59. The molecule has 16 heavy (non-hydrogen) atoms. The Morgan fingerprint density at radius 2 is 2.06 bits per heavy atom. The van der Waals surface area contributed by atoms with Crippen molar-refractivity contribution in [1.29, 1.82) is 0 Å². The maximum absolute atomic E-state index is 13.8. The van der Waals surface area contributed by atoms with Crippen LogP contribution in [0.4, 0.5) is 4.39 Å². The van der Waals surface area contributed by atoms with Gasteiger partial charge in [0.05, 0.1) is 9.99 Å². The minimum absolute atomic E-state index is 0.211. The van der Waals surface area contributed by atoms with E-state index in [4.69, 9.17) is 0 Å². The lowest BCUT2D eigenvalue weighted by atomic mass is 10.3. The molecule has 5 heteroatoms. The largest absolute Gasteiger partial charge is 0.316 e. The molecule has 0 saturated heterocycles. The van der Waals surface area contributed by atoms with Gasteiger partial charge in [0, 0.05) is 6.20 Å². The van der Waals surface area contributed by atoms with E-state index in [-0.39, 0.29) is 11.1 Å². The molecule has 0 aliphatic carbocycles. The summed E-state index contributed by atoms with van der Waals surface area (Å²) in [5.41, 5.74) is 1.06. The van der Waals surface area contributed by atoms with Gasteiger partial charge >= 0.3 is 0 Å². The standard InChI is InChI=1S/C11H6BrFN2O/c12-6-3-4-7-10(9(6)13)14-11(16)8-2-1-5-15(7)8/h1-5H,(H,14,16). The van der Waals surface area contributed by atoms with Gasteiger partial charge in [-0.1, -0.05) is 0 Å². The summed E-state index contributed by atoms with van der Waals surface area (Å²) in [5, 5.41) is 0. The zero-order valence-corrected chi connectivity index (χ0v) is 9.58. The predicted molar refractivity (Wildman–Crippen MR) is 63.2 cm³/mol. The fourth-order valence-electron chi connectivity index (χ4n) is 1.81. The summed E-state index contributed by atoms with van der Waals surface area (Å²) in [6.45, 7) is 0. The van der Waals surface area contributed by atoms with Crippen LogP contribution in [0.2, 0.25) is 0 Å². The van der Waals surface area contributed by atoms with Gasteiger partial charge in [-0.2, -0.15) is 0 Å². The van der Waals surface area contributed by atoms with Crippen LogP contribution >= 0.6 is 15.9 Å². The van der Waals surface area contributed by atoms with Crippen molar-refractivity contribution in [3.63, 3.8) is 0 Å². The number of halogens is 2. The number of nitrogens with zero attached hydrogens (tertiary/aromatic N) is 1. The minimum atomic E-state index is -0.454. The Kier molecular flexibility index (Phi) is 1.91. The van der Waals surface area contributed by atoms with Crippen molar-refractivity contribution in [3.05, 3.63) is 51.1 Å². The molecule has 3 nitrogen and oxygen atoms in total. The van der Waals surface area contributed by atoms with Crippen molar-refractivity contribution in [2.45, 2.75) is 0 Å². The van der Waals surface area contributed by atoms with Crippen molar-refractivity contribution in [3.8, 4) is 0 Å². The van der Waals surface area contributed by atoms with Gasteiger partial charge in [0.15, 0.2) is 5.82 Å². The molecule has 0 spiro atoms. The van der Waals surface area contributed by atoms with Gasteiger partial charge in [-0.25, -0.2) is 4.39 Å². The molecule has 0 bridgehead atoms. The summed E-state index contributed by atoms with van der Waals surface area (Å²) < 4.78 is 15.8. The summed E-state index contributed by atoms with van der Waals surface area (Å²) in [5.74, 6) is -0.454. The fraction of sp³-hybridized carbons (Fsp3) is 0. The molecule has 0 aliphatic heterocycles. The summed E-state index contributed by atoms with van der Waals surface area (Å²) in [6, 6.07) is 6.82. The normalized spacial score (nSPS) is 11.4. The van der Waals surface area contributed by atoms with E-state index in [0.717, 1.165) is 0 Å². The van der Waals surface area contributed by atoms with Gasteiger partial charge in [0.25, 0.3) is 5.56 Å². The molecule has 2 aromatic heterocycles. The van der Waals surface area contributed by atoms with E-state index in [2.05, 4.69) is 20.9 Å². The Morgan fingerprint density at radius 3 is 2.88 bits per heavy atom. The van der Waals surface area contributed by atoms with Crippen LogP contribution in [0.5, 0.6) is 0 Å². The number of benzene rings is 1. The van der Waals surface area contributed by atoms with Crippen molar-refractivity contribution in [1.82, 2.24) is 9.38 Å². The van der Waals surface area contributed by atoms with E-state index in [0.29, 0.717) is 15.5 Å². The van der Waals surface area contributed by atoms with E-state index in [9.17, 15) is 9.18 Å². The van der Waals surface area contributed by atoms with Crippen molar-refractivity contribution < 1.29 is 4.39 Å². The molecule has 0 atom stereocenters. The highest BCUT2D eigenvalue weighted by atomic mass is 79.9. The average Bonchev–Trinajstić information content (AvgIpc) is 2.74. The van der Waals surface area contributed by atoms with Crippen LogP contribution in [0.1, 0.15) is 0 Å². The second-order valence-electron chi connectivity index (χ2n) is 3.47. The Balaban J connectivity index is 2.68. The highest BCUT2D eigenvalue weighted by Gasteiger charge is 2.10. The Hall–Kier alpha value is -1.62. The molecular weight excluding hydrogens is 275 g/mol. The number of aromatic amines is 1. The van der Waals surface area contributed by atoms with E-state index in [1.54, 1.807) is 34.9 Å². The zero-order chi connectivity index (χ0) is 11.3. The number of H-pyrrole nitrogens is 1.